The third-order valence-corrected chi connectivity index (χ3v) is 7.06. The second-order valence-electron chi connectivity index (χ2n) is 8.31. The van der Waals surface area contributed by atoms with Gasteiger partial charge in [-0.1, -0.05) is 47.5 Å². The fourth-order valence-corrected chi connectivity index (χ4v) is 4.53. The molecule has 2 heterocycles. The number of rotatable bonds is 12. The van der Waals surface area contributed by atoms with Crippen LogP contribution < -0.4 is 25.6 Å². The molecule has 0 aliphatic carbocycles. The lowest BCUT2D eigenvalue weighted by Gasteiger charge is -2.23. The van der Waals surface area contributed by atoms with Gasteiger partial charge in [0.15, 0.2) is 0 Å². The Morgan fingerprint density at radius 3 is 2.52 bits per heavy atom. The molecule has 2 amide bonds. The molecule has 11 nitrogen and oxygen atoms in total. The van der Waals surface area contributed by atoms with Gasteiger partial charge in [0.1, 0.15) is 5.75 Å². The van der Waals surface area contributed by atoms with Crippen LogP contribution in [0, 0.1) is 0 Å². The molecule has 40 heavy (non-hydrogen) atoms. The topological polar surface area (TPSA) is 142 Å². The van der Waals surface area contributed by atoms with Crippen LogP contribution in [-0.4, -0.2) is 45.7 Å². The minimum Gasteiger partial charge on any atom is -0.495 e. The summed E-state index contributed by atoms with van der Waals surface area (Å²) in [5.74, 6) is -0.197. The van der Waals surface area contributed by atoms with Gasteiger partial charge in [0.25, 0.3) is 0 Å². The number of para-hydroxylation sites is 2. The third-order valence-electron chi connectivity index (χ3n) is 5.44. The van der Waals surface area contributed by atoms with Crippen molar-refractivity contribution in [2.45, 2.75) is 19.5 Å². The number of hydrogen-bond donors (Lipinski definition) is 4. The second-order valence-corrected chi connectivity index (χ2v) is 10.2. The van der Waals surface area contributed by atoms with E-state index < -0.39 is 12.0 Å². The number of aromatic nitrogens is 3. The van der Waals surface area contributed by atoms with Gasteiger partial charge in [-0.2, -0.15) is 15.0 Å². The maximum atomic E-state index is 12.8. The van der Waals surface area contributed by atoms with E-state index >= 15 is 0 Å². The third kappa shape index (κ3) is 8.18. The smallest absolute Gasteiger partial charge is 0.326 e. The van der Waals surface area contributed by atoms with Crippen LogP contribution in [0.1, 0.15) is 16.9 Å². The number of carbonyl (C=O) groups excluding carboxylic acids is 1. The largest absolute Gasteiger partial charge is 0.495 e. The first kappa shape index (κ1) is 28.9. The zero-order valence-corrected chi connectivity index (χ0v) is 23.6. The van der Waals surface area contributed by atoms with E-state index in [1.807, 2.05) is 17.5 Å². The molecule has 0 bridgehead atoms. The van der Waals surface area contributed by atoms with Gasteiger partial charge in [0.2, 0.25) is 17.8 Å². The molecule has 0 saturated carbocycles. The van der Waals surface area contributed by atoms with Crippen LogP contribution in [0.25, 0.3) is 0 Å². The van der Waals surface area contributed by atoms with E-state index in [4.69, 9.17) is 27.9 Å². The summed E-state index contributed by atoms with van der Waals surface area (Å²) in [5, 5.41) is 20.6. The van der Waals surface area contributed by atoms with Crippen LogP contribution in [0.5, 0.6) is 5.75 Å². The highest BCUT2D eigenvalue weighted by Crippen LogP contribution is 2.26. The van der Waals surface area contributed by atoms with Crippen molar-refractivity contribution in [1.82, 2.24) is 15.0 Å². The molecule has 0 aliphatic heterocycles. The summed E-state index contributed by atoms with van der Waals surface area (Å²) in [4.78, 5) is 40.3. The summed E-state index contributed by atoms with van der Waals surface area (Å²) in [6.07, 6.45) is -0.179. The number of hydrogen-bond acceptors (Lipinski definition) is 9. The summed E-state index contributed by atoms with van der Waals surface area (Å²) in [5.41, 5.74) is 1.22. The van der Waals surface area contributed by atoms with Gasteiger partial charge in [-0.05, 0) is 41.3 Å². The standard InChI is InChI=1S/C26H25Cl2N7O4S/c1-39-21-7-3-2-6-20(21)30-26(38)34-24-31-23(29-14-17-5-4-12-40-17)32-25(33-24)35(11-10-22(36)37)15-16-8-9-18(27)19(28)13-16/h2-9,12-13H,10-11,14-15H2,1H3,(H,36,37)(H3,29,30,31,32,33,34,38). The molecular formula is C26H25Cl2N7O4S. The highest BCUT2D eigenvalue weighted by Gasteiger charge is 2.18. The van der Waals surface area contributed by atoms with E-state index in [2.05, 4.69) is 30.9 Å². The number of carboxylic acid groups (broad SMARTS) is 1. The number of ether oxygens (including phenoxy) is 1. The average molecular weight is 603 g/mol. The lowest BCUT2D eigenvalue weighted by Crippen LogP contribution is -2.29. The maximum absolute atomic E-state index is 12.8. The number of halogens is 2. The molecule has 0 aliphatic rings. The summed E-state index contributed by atoms with van der Waals surface area (Å²) < 4.78 is 5.29. The fraction of sp³-hybridized carbons (Fsp3) is 0.192. The van der Waals surface area contributed by atoms with Gasteiger partial charge in [-0.3, -0.25) is 10.1 Å². The van der Waals surface area contributed by atoms with Gasteiger partial charge < -0.3 is 25.4 Å². The van der Waals surface area contributed by atoms with Gasteiger partial charge in [-0.15, -0.1) is 11.3 Å². The number of benzene rings is 2. The van der Waals surface area contributed by atoms with E-state index in [-0.39, 0.29) is 37.4 Å². The van der Waals surface area contributed by atoms with E-state index in [9.17, 15) is 14.7 Å². The Bertz CT molecular complexity index is 1470. The van der Waals surface area contributed by atoms with E-state index in [0.29, 0.717) is 28.0 Å². The number of carboxylic acids is 1. The van der Waals surface area contributed by atoms with Crippen molar-refractivity contribution >= 4 is 70.1 Å². The van der Waals surface area contributed by atoms with Crippen LogP contribution in [0.3, 0.4) is 0 Å². The van der Waals surface area contributed by atoms with Crippen molar-refractivity contribution in [3.63, 3.8) is 0 Å². The Hall–Kier alpha value is -4.13. The monoisotopic (exact) mass is 601 g/mol. The molecule has 0 fully saturated rings. The van der Waals surface area contributed by atoms with E-state index in [1.165, 1.54) is 7.11 Å². The fourth-order valence-electron chi connectivity index (χ4n) is 3.56. The Labute approximate surface area is 244 Å². The van der Waals surface area contributed by atoms with Crippen LogP contribution in [-0.2, 0) is 17.9 Å². The van der Waals surface area contributed by atoms with Crippen LogP contribution in [0.4, 0.5) is 28.3 Å². The maximum Gasteiger partial charge on any atom is 0.326 e. The highest BCUT2D eigenvalue weighted by molar-refractivity contribution is 7.09. The second kappa shape index (κ2) is 13.8. The summed E-state index contributed by atoms with van der Waals surface area (Å²) in [7, 11) is 1.50. The van der Waals surface area contributed by atoms with Crippen molar-refractivity contribution in [2.24, 2.45) is 0 Å². The number of nitrogens with one attached hydrogen (secondary N) is 3. The minimum atomic E-state index is -0.987. The lowest BCUT2D eigenvalue weighted by molar-refractivity contribution is -0.136. The van der Waals surface area contributed by atoms with Gasteiger partial charge in [-0.25, -0.2) is 4.79 Å². The molecule has 0 saturated heterocycles. The van der Waals surface area contributed by atoms with Crippen molar-refractivity contribution in [3.05, 3.63) is 80.5 Å². The minimum absolute atomic E-state index is 0.0412. The molecule has 0 spiro atoms. The zero-order valence-electron chi connectivity index (χ0n) is 21.2. The summed E-state index contributed by atoms with van der Waals surface area (Å²) >= 11 is 13.8. The van der Waals surface area contributed by atoms with Gasteiger partial charge in [0.05, 0.1) is 35.8 Å². The van der Waals surface area contributed by atoms with Crippen molar-refractivity contribution < 1.29 is 19.4 Å². The Morgan fingerprint density at radius 2 is 1.80 bits per heavy atom. The lowest BCUT2D eigenvalue weighted by atomic mass is 10.2. The zero-order chi connectivity index (χ0) is 28.5. The predicted molar refractivity (Wildman–Crippen MR) is 157 cm³/mol. The van der Waals surface area contributed by atoms with Crippen molar-refractivity contribution in [2.75, 3.05) is 34.5 Å². The number of methoxy groups -OCH3 is 1. The molecule has 2 aromatic heterocycles. The average Bonchev–Trinajstić information content (AvgIpc) is 3.45. The number of anilines is 4. The summed E-state index contributed by atoms with van der Waals surface area (Å²) in [6, 6.07) is 15.4. The molecule has 208 valence electrons. The first-order valence-electron chi connectivity index (χ1n) is 11.9. The van der Waals surface area contributed by atoms with Crippen molar-refractivity contribution in [3.8, 4) is 5.75 Å². The Morgan fingerprint density at radius 1 is 1.00 bits per heavy atom. The number of urea groups is 1. The SMILES string of the molecule is COc1ccccc1NC(=O)Nc1nc(NCc2cccs2)nc(N(CCC(=O)O)Cc2ccc(Cl)c(Cl)c2)n1. The molecule has 2 aromatic carbocycles. The number of nitrogens with zero attached hydrogens (tertiary/aromatic N) is 4. The van der Waals surface area contributed by atoms with Gasteiger partial charge in [0, 0.05) is 18.0 Å². The molecule has 0 radical (unpaired) electrons. The first-order valence-corrected chi connectivity index (χ1v) is 13.6. The van der Waals surface area contributed by atoms with Gasteiger partial charge >= 0.3 is 12.0 Å². The van der Waals surface area contributed by atoms with E-state index in [0.717, 1.165) is 10.4 Å². The van der Waals surface area contributed by atoms with Crippen LogP contribution in [0.2, 0.25) is 10.0 Å². The van der Waals surface area contributed by atoms with E-state index in [1.54, 1.807) is 58.7 Å². The number of aliphatic carboxylic acids is 1. The molecule has 4 rings (SSSR count). The number of carbonyl (C=O) groups is 2. The first-order chi connectivity index (χ1) is 19.3. The van der Waals surface area contributed by atoms with Crippen molar-refractivity contribution in [1.29, 1.82) is 0 Å². The number of amides is 2. The normalized spacial score (nSPS) is 10.6. The Kier molecular flexibility index (Phi) is 9.95. The molecule has 0 atom stereocenters. The molecular weight excluding hydrogens is 577 g/mol. The predicted octanol–water partition coefficient (Wildman–Crippen LogP) is 5.99. The Balaban J connectivity index is 1.63. The molecule has 0 unspecified atom stereocenters. The van der Waals surface area contributed by atoms with Crippen LogP contribution in [0.15, 0.2) is 60.0 Å². The summed E-state index contributed by atoms with van der Waals surface area (Å²) in [6.45, 7) is 0.748. The molecule has 4 aromatic rings. The highest BCUT2D eigenvalue weighted by atomic mass is 35.5. The molecule has 14 heteroatoms. The van der Waals surface area contributed by atoms with Crippen LogP contribution >= 0.6 is 34.5 Å². The molecule has 4 N–H and O–H groups in total. The quantitative estimate of drug-likeness (QED) is 0.154. The number of thiophene rings is 1.